The number of hydrogen-bond donors (Lipinski definition) is 1. The smallest absolute Gasteiger partial charge is 0.137 e. The number of nitrogens with zero attached hydrogens (tertiary/aromatic N) is 4. The molecule has 106 valence electrons. The summed E-state index contributed by atoms with van der Waals surface area (Å²) in [4.78, 5) is 13.8. The van der Waals surface area contributed by atoms with Gasteiger partial charge in [-0.15, -0.1) is 0 Å². The minimum absolute atomic E-state index is 0.577. The van der Waals surface area contributed by atoms with Crippen LogP contribution >= 0.6 is 0 Å². The number of anilines is 2. The summed E-state index contributed by atoms with van der Waals surface area (Å²) < 4.78 is 0. The van der Waals surface area contributed by atoms with Crippen LogP contribution in [0.2, 0.25) is 0 Å². The van der Waals surface area contributed by atoms with Gasteiger partial charge in [0.15, 0.2) is 0 Å². The highest BCUT2D eigenvalue weighted by Crippen LogP contribution is 2.39. The van der Waals surface area contributed by atoms with E-state index in [1.165, 1.54) is 12.8 Å². The Hall–Kier alpha value is -1.36. The van der Waals surface area contributed by atoms with Gasteiger partial charge >= 0.3 is 0 Å². The molecule has 1 aliphatic rings. The summed E-state index contributed by atoms with van der Waals surface area (Å²) in [5, 5.41) is 3.19. The number of likely N-dealkylation sites (N-methyl/N-ethyl adjacent to an activating group) is 2. The first-order valence-electron chi connectivity index (χ1n) is 6.95. The molecule has 0 bridgehead atoms. The molecule has 1 N–H and O–H groups in total. The van der Waals surface area contributed by atoms with E-state index >= 15 is 0 Å². The van der Waals surface area contributed by atoms with Crippen LogP contribution in [-0.4, -0.2) is 56.1 Å². The van der Waals surface area contributed by atoms with Crippen molar-refractivity contribution in [1.29, 1.82) is 0 Å². The highest BCUT2D eigenvalue weighted by molar-refractivity contribution is 5.58. The SMILES string of the molecule is CNc1nc(C2CC2)nc(N(C)CCN(C)C)c1C. The van der Waals surface area contributed by atoms with Crippen LogP contribution in [0.5, 0.6) is 0 Å². The monoisotopic (exact) mass is 263 g/mol. The summed E-state index contributed by atoms with van der Waals surface area (Å²) in [5.74, 6) is 3.60. The molecule has 0 spiro atoms. The fraction of sp³-hybridized carbons (Fsp3) is 0.714. The van der Waals surface area contributed by atoms with Gasteiger partial charge in [-0.3, -0.25) is 0 Å². The van der Waals surface area contributed by atoms with Gasteiger partial charge < -0.3 is 15.1 Å². The van der Waals surface area contributed by atoms with Gasteiger partial charge in [0.05, 0.1) is 0 Å². The van der Waals surface area contributed by atoms with Crippen molar-refractivity contribution in [2.75, 3.05) is 51.5 Å². The molecule has 0 aromatic carbocycles. The zero-order valence-corrected chi connectivity index (χ0v) is 12.7. The standard InChI is InChI=1S/C14H25N5/c1-10-12(15-2)16-13(11-6-7-11)17-14(10)19(5)9-8-18(3)4/h11H,6-9H2,1-5H3,(H,15,16,17). The average Bonchev–Trinajstić information content (AvgIpc) is 3.20. The minimum atomic E-state index is 0.577. The van der Waals surface area contributed by atoms with Crippen molar-refractivity contribution in [2.24, 2.45) is 0 Å². The lowest BCUT2D eigenvalue weighted by molar-refractivity contribution is 0.416. The van der Waals surface area contributed by atoms with E-state index in [2.05, 4.69) is 48.2 Å². The Bertz CT molecular complexity index is 440. The highest BCUT2D eigenvalue weighted by Gasteiger charge is 2.28. The topological polar surface area (TPSA) is 44.3 Å². The van der Waals surface area contributed by atoms with Crippen LogP contribution in [0.15, 0.2) is 0 Å². The van der Waals surface area contributed by atoms with E-state index in [1.807, 2.05) is 7.05 Å². The maximum atomic E-state index is 4.78. The van der Waals surface area contributed by atoms with Crippen LogP contribution in [0.25, 0.3) is 0 Å². The lowest BCUT2D eigenvalue weighted by atomic mass is 10.2. The predicted octanol–water partition coefficient (Wildman–Crippen LogP) is 1.70. The van der Waals surface area contributed by atoms with Crippen molar-refractivity contribution in [3.05, 3.63) is 11.4 Å². The predicted molar refractivity (Wildman–Crippen MR) is 80.1 cm³/mol. The van der Waals surface area contributed by atoms with E-state index in [-0.39, 0.29) is 0 Å². The Morgan fingerprint density at radius 2 is 1.84 bits per heavy atom. The van der Waals surface area contributed by atoms with Crippen molar-refractivity contribution in [3.8, 4) is 0 Å². The molecule has 1 saturated carbocycles. The Balaban J connectivity index is 2.24. The molecule has 1 aliphatic carbocycles. The molecule has 0 radical (unpaired) electrons. The Kier molecular flexibility index (Phi) is 4.24. The van der Waals surface area contributed by atoms with Gasteiger partial charge in [0.25, 0.3) is 0 Å². The summed E-state index contributed by atoms with van der Waals surface area (Å²) in [6, 6.07) is 0. The summed E-state index contributed by atoms with van der Waals surface area (Å²) in [6.45, 7) is 4.08. The molecule has 5 heteroatoms. The van der Waals surface area contributed by atoms with Crippen molar-refractivity contribution >= 4 is 11.6 Å². The first-order chi connectivity index (χ1) is 9.02. The molecule has 0 amide bonds. The van der Waals surface area contributed by atoms with Crippen LogP contribution in [0.1, 0.15) is 30.1 Å². The zero-order chi connectivity index (χ0) is 14.0. The van der Waals surface area contributed by atoms with Gasteiger partial charge in [0.2, 0.25) is 0 Å². The van der Waals surface area contributed by atoms with Crippen molar-refractivity contribution in [3.63, 3.8) is 0 Å². The van der Waals surface area contributed by atoms with Gasteiger partial charge in [-0.05, 0) is 33.9 Å². The van der Waals surface area contributed by atoms with Crippen LogP contribution in [-0.2, 0) is 0 Å². The van der Waals surface area contributed by atoms with Crippen LogP contribution in [0.4, 0.5) is 11.6 Å². The first-order valence-corrected chi connectivity index (χ1v) is 6.95. The van der Waals surface area contributed by atoms with Gasteiger partial charge in [0.1, 0.15) is 17.5 Å². The Morgan fingerprint density at radius 1 is 1.16 bits per heavy atom. The number of nitrogens with one attached hydrogen (secondary N) is 1. The second-order valence-electron chi connectivity index (χ2n) is 5.63. The third-order valence-corrected chi connectivity index (χ3v) is 3.56. The van der Waals surface area contributed by atoms with Gasteiger partial charge in [-0.1, -0.05) is 0 Å². The lowest BCUT2D eigenvalue weighted by Gasteiger charge is -2.23. The molecule has 19 heavy (non-hydrogen) atoms. The highest BCUT2D eigenvalue weighted by atomic mass is 15.2. The van der Waals surface area contributed by atoms with E-state index in [1.54, 1.807) is 0 Å². The molecule has 0 saturated heterocycles. The molecule has 1 aromatic heterocycles. The zero-order valence-electron chi connectivity index (χ0n) is 12.7. The molecule has 1 fully saturated rings. The molecular weight excluding hydrogens is 238 g/mol. The molecule has 5 nitrogen and oxygen atoms in total. The van der Waals surface area contributed by atoms with Crippen molar-refractivity contribution < 1.29 is 0 Å². The van der Waals surface area contributed by atoms with Crippen molar-refractivity contribution in [1.82, 2.24) is 14.9 Å². The average molecular weight is 263 g/mol. The van der Waals surface area contributed by atoms with Gasteiger partial charge in [0, 0.05) is 38.7 Å². The summed E-state index contributed by atoms with van der Waals surface area (Å²) in [7, 11) is 8.22. The molecular formula is C14H25N5. The summed E-state index contributed by atoms with van der Waals surface area (Å²) in [6.07, 6.45) is 2.46. The van der Waals surface area contributed by atoms with Crippen LogP contribution in [0, 0.1) is 6.92 Å². The minimum Gasteiger partial charge on any atom is -0.373 e. The van der Waals surface area contributed by atoms with Crippen LogP contribution in [0.3, 0.4) is 0 Å². The molecule has 0 unspecified atom stereocenters. The largest absolute Gasteiger partial charge is 0.373 e. The van der Waals surface area contributed by atoms with E-state index in [9.17, 15) is 0 Å². The second-order valence-corrected chi connectivity index (χ2v) is 5.63. The molecule has 0 atom stereocenters. The number of rotatable bonds is 6. The summed E-state index contributed by atoms with van der Waals surface area (Å²) in [5.41, 5.74) is 1.13. The molecule has 2 rings (SSSR count). The van der Waals surface area contributed by atoms with E-state index in [0.29, 0.717) is 5.92 Å². The van der Waals surface area contributed by atoms with E-state index < -0.39 is 0 Å². The maximum Gasteiger partial charge on any atom is 0.137 e. The normalized spacial score (nSPS) is 14.8. The Labute approximate surface area is 116 Å². The lowest BCUT2D eigenvalue weighted by Crippen LogP contribution is -2.30. The number of aromatic nitrogens is 2. The molecule has 1 aromatic rings. The molecule has 1 heterocycles. The quantitative estimate of drug-likeness (QED) is 0.846. The fourth-order valence-corrected chi connectivity index (χ4v) is 2.12. The second kappa shape index (κ2) is 5.74. The summed E-state index contributed by atoms with van der Waals surface area (Å²) >= 11 is 0. The van der Waals surface area contributed by atoms with Crippen molar-refractivity contribution in [2.45, 2.75) is 25.7 Å². The fourth-order valence-electron chi connectivity index (χ4n) is 2.12. The Morgan fingerprint density at radius 3 is 2.37 bits per heavy atom. The maximum absolute atomic E-state index is 4.78. The van der Waals surface area contributed by atoms with Crippen LogP contribution < -0.4 is 10.2 Å². The van der Waals surface area contributed by atoms with E-state index in [4.69, 9.17) is 4.98 Å². The van der Waals surface area contributed by atoms with Gasteiger partial charge in [-0.2, -0.15) is 0 Å². The first kappa shape index (κ1) is 14.1. The van der Waals surface area contributed by atoms with Gasteiger partial charge in [-0.25, -0.2) is 9.97 Å². The van der Waals surface area contributed by atoms with E-state index in [0.717, 1.165) is 36.1 Å². The third-order valence-electron chi connectivity index (χ3n) is 3.56. The number of hydrogen-bond acceptors (Lipinski definition) is 5. The third kappa shape index (κ3) is 3.35. The molecule has 0 aliphatic heterocycles.